The summed E-state index contributed by atoms with van der Waals surface area (Å²) in [5.41, 5.74) is 7.05. The summed E-state index contributed by atoms with van der Waals surface area (Å²) in [7, 11) is 0. The van der Waals surface area contributed by atoms with Gasteiger partial charge in [-0.3, -0.25) is 0 Å². The van der Waals surface area contributed by atoms with Crippen molar-refractivity contribution in [1.82, 2.24) is 9.97 Å². The van der Waals surface area contributed by atoms with Crippen LogP contribution in [-0.2, 0) is 6.54 Å². The number of nitrogens with zero attached hydrogens (tertiary/aromatic N) is 2. The molecule has 2 rings (SSSR count). The Hall–Kier alpha value is -1.44. The van der Waals surface area contributed by atoms with E-state index in [1.807, 2.05) is 6.07 Å². The summed E-state index contributed by atoms with van der Waals surface area (Å²) in [5, 5.41) is 3.08. The second-order valence-corrected chi connectivity index (χ2v) is 4.64. The topological polar surface area (TPSA) is 63.8 Å². The van der Waals surface area contributed by atoms with Gasteiger partial charge in [-0.25, -0.2) is 9.97 Å². The predicted octanol–water partition coefficient (Wildman–Crippen LogP) is 2.41. The van der Waals surface area contributed by atoms with Crippen LogP contribution in [0, 0.1) is 9.52 Å². The van der Waals surface area contributed by atoms with Gasteiger partial charge in [0.05, 0.1) is 17.9 Å². The van der Waals surface area contributed by atoms with Crippen LogP contribution in [0.5, 0.6) is 0 Å². The summed E-state index contributed by atoms with van der Waals surface area (Å²) in [4.78, 5) is 7.77. The maximum atomic E-state index is 12.9. The molecule has 4 nitrogen and oxygen atoms in total. The summed E-state index contributed by atoms with van der Waals surface area (Å²) >= 11 is 2.15. The maximum absolute atomic E-state index is 12.9. The molecule has 0 aliphatic carbocycles. The van der Waals surface area contributed by atoms with Crippen molar-refractivity contribution in [2.75, 3.05) is 11.1 Å². The highest BCUT2D eigenvalue weighted by Gasteiger charge is 2.02. The van der Waals surface area contributed by atoms with E-state index in [0.717, 1.165) is 9.26 Å². The summed E-state index contributed by atoms with van der Waals surface area (Å²) < 4.78 is 13.8. The number of halogens is 2. The number of anilines is 2. The Kier molecular flexibility index (Phi) is 3.72. The Labute approximate surface area is 112 Å². The summed E-state index contributed by atoms with van der Waals surface area (Å²) in [6.07, 6.45) is 1.68. The second kappa shape index (κ2) is 5.26. The van der Waals surface area contributed by atoms with Crippen molar-refractivity contribution >= 4 is 34.1 Å². The zero-order valence-corrected chi connectivity index (χ0v) is 11.0. The Morgan fingerprint density at radius 2 is 2.24 bits per heavy atom. The molecule has 2 heterocycles. The molecule has 6 heteroatoms. The molecule has 0 saturated heterocycles. The lowest BCUT2D eigenvalue weighted by Gasteiger charge is -2.08. The van der Waals surface area contributed by atoms with E-state index in [2.05, 4.69) is 37.9 Å². The lowest BCUT2D eigenvalue weighted by Crippen LogP contribution is -2.06. The number of hydrogen-bond acceptors (Lipinski definition) is 4. The molecule has 0 saturated carbocycles. The van der Waals surface area contributed by atoms with Crippen molar-refractivity contribution in [3.05, 3.63) is 45.7 Å². The van der Waals surface area contributed by atoms with Crippen LogP contribution in [0.15, 0.2) is 30.5 Å². The summed E-state index contributed by atoms with van der Waals surface area (Å²) in [6, 6.07) is 6.55. The molecule has 0 aromatic carbocycles. The predicted molar refractivity (Wildman–Crippen MR) is 72.9 cm³/mol. The summed E-state index contributed by atoms with van der Waals surface area (Å²) in [6.45, 7) is 0.406. The molecule has 88 valence electrons. The van der Waals surface area contributed by atoms with Crippen LogP contribution in [0.2, 0.25) is 0 Å². The van der Waals surface area contributed by atoms with E-state index in [-0.39, 0.29) is 0 Å². The lowest BCUT2D eigenvalue weighted by atomic mass is 10.3. The Morgan fingerprint density at radius 1 is 1.41 bits per heavy atom. The number of aromatic nitrogens is 2. The van der Waals surface area contributed by atoms with Crippen LogP contribution in [0.25, 0.3) is 0 Å². The van der Waals surface area contributed by atoms with Crippen LogP contribution in [-0.4, -0.2) is 9.97 Å². The van der Waals surface area contributed by atoms with Crippen molar-refractivity contribution in [1.29, 1.82) is 0 Å². The highest BCUT2D eigenvalue weighted by atomic mass is 127. The quantitative estimate of drug-likeness (QED) is 0.663. The molecule has 0 aliphatic heterocycles. The van der Waals surface area contributed by atoms with Crippen molar-refractivity contribution in [2.24, 2.45) is 0 Å². The van der Waals surface area contributed by atoms with Gasteiger partial charge in [0.1, 0.15) is 5.82 Å². The fraction of sp³-hybridized carbons (Fsp3) is 0.0909. The van der Waals surface area contributed by atoms with Crippen molar-refractivity contribution in [2.45, 2.75) is 6.54 Å². The van der Waals surface area contributed by atoms with Gasteiger partial charge in [0.2, 0.25) is 5.95 Å². The second-order valence-electron chi connectivity index (χ2n) is 3.39. The van der Waals surface area contributed by atoms with Crippen molar-refractivity contribution in [3.63, 3.8) is 0 Å². The zero-order chi connectivity index (χ0) is 12.3. The van der Waals surface area contributed by atoms with Gasteiger partial charge < -0.3 is 11.1 Å². The third-order valence-electron chi connectivity index (χ3n) is 2.12. The average molecular weight is 344 g/mol. The van der Waals surface area contributed by atoms with Gasteiger partial charge in [-0.1, -0.05) is 6.07 Å². The molecule has 17 heavy (non-hydrogen) atoms. The average Bonchev–Trinajstić information content (AvgIpc) is 2.30. The molecule has 0 atom stereocenters. The van der Waals surface area contributed by atoms with Gasteiger partial charge in [-0.05, 0) is 40.8 Å². The van der Waals surface area contributed by atoms with E-state index >= 15 is 0 Å². The van der Waals surface area contributed by atoms with Crippen molar-refractivity contribution < 1.29 is 4.39 Å². The van der Waals surface area contributed by atoms with Crippen molar-refractivity contribution in [3.8, 4) is 0 Å². The number of nitrogens with two attached hydrogens (primary N) is 1. The van der Waals surface area contributed by atoms with E-state index in [1.165, 1.54) is 6.07 Å². The normalized spacial score (nSPS) is 10.2. The molecule has 0 bridgehead atoms. The SMILES string of the molecule is Nc1ncc(I)cc1NCc1cccc(F)n1. The molecule has 3 N–H and O–H groups in total. The van der Waals surface area contributed by atoms with E-state index < -0.39 is 5.95 Å². The van der Waals surface area contributed by atoms with Crippen LogP contribution >= 0.6 is 22.6 Å². The number of rotatable bonds is 3. The molecule has 2 aromatic rings. The van der Waals surface area contributed by atoms with Gasteiger partial charge in [-0.15, -0.1) is 0 Å². The Bertz CT molecular complexity index is 533. The third kappa shape index (κ3) is 3.26. The van der Waals surface area contributed by atoms with Gasteiger partial charge in [0.15, 0.2) is 0 Å². The molecule has 0 radical (unpaired) electrons. The highest BCUT2D eigenvalue weighted by molar-refractivity contribution is 14.1. The highest BCUT2D eigenvalue weighted by Crippen LogP contribution is 2.18. The molecule has 2 aromatic heterocycles. The third-order valence-corrected chi connectivity index (χ3v) is 2.71. The largest absolute Gasteiger partial charge is 0.382 e. The molecule has 0 unspecified atom stereocenters. The first-order chi connectivity index (χ1) is 8.15. The number of nitrogen functional groups attached to an aromatic ring is 1. The van der Waals surface area contributed by atoms with E-state index in [1.54, 1.807) is 18.3 Å². The van der Waals surface area contributed by atoms with Gasteiger partial charge in [-0.2, -0.15) is 4.39 Å². The molecule has 0 fully saturated rings. The van der Waals surface area contributed by atoms with Crippen LogP contribution in [0.3, 0.4) is 0 Å². The van der Waals surface area contributed by atoms with E-state index in [9.17, 15) is 4.39 Å². The number of nitrogens with one attached hydrogen (secondary N) is 1. The first-order valence-corrected chi connectivity index (χ1v) is 5.99. The first kappa shape index (κ1) is 12.0. The Balaban J connectivity index is 2.09. The molecule has 0 spiro atoms. The minimum Gasteiger partial charge on any atom is -0.382 e. The number of hydrogen-bond donors (Lipinski definition) is 2. The monoisotopic (exact) mass is 344 g/mol. The van der Waals surface area contributed by atoms with Gasteiger partial charge >= 0.3 is 0 Å². The summed E-state index contributed by atoms with van der Waals surface area (Å²) in [5.74, 6) is -0.0696. The van der Waals surface area contributed by atoms with Crippen LogP contribution < -0.4 is 11.1 Å². The smallest absolute Gasteiger partial charge is 0.213 e. The lowest BCUT2D eigenvalue weighted by molar-refractivity contribution is 0.578. The van der Waals surface area contributed by atoms with Crippen LogP contribution in [0.1, 0.15) is 5.69 Å². The van der Waals surface area contributed by atoms with Gasteiger partial charge in [0.25, 0.3) is 0 Å². The number of pyridine rings is 2. The Morgan fingerprint density at radius 3 is 3.00 bits per heavy atom. The molecule has 0 aliphatic rings. The standard InChI is InChI=1S/C11H10FIN4/c12-10-3-1-2-8(17-10)6-15-9-4-7(13)5-16-11(9)14/h1-5,15H,6H2,(H2,14,16). The fourth-order valence-corrected chi connectivity index (χ4v) is 1.78. The minimum absolute atomic E-state index is 0.406. The van der Waals surface area contributed by atoms with Crippen LogP contribution in [0.4, 0.5) is 15.9 Å². The molecular formula is C11H10FIN4. The first-order valence-electron chi connectivity index (χ1n) is 4.91. The molecule has 0 amide bonds. The van der Waals surface area contributed by atoms with Gasteiger partial charge in [0, 0.05) is 9.77 Å². The van der Waals surface area contributed by atoms with E-state index in [0.29, 0.717) is 18.1 Å². The minimum atomic E-state index is -0.488. The molecular weight excluding hydrogens is 334 g/mol. The zero-order valence-electron chi connectivity index (χ0n) is 8.82. The maximum Gasteiger partial charge on any atom is 0.213 e. The fourth-order valence-electron chi connectivity index (χ4n) is 1.33. The van der Waals surface area contributed by atoms with E-state index in [4.69, 9.17) is 5.73 Å².